The van der Waals surface area contributed by atoms with Gasteiger partial charge in [0.05, 0.1) is 40.7 Å². The Labute approximate surface area is 193 Å². The first-order valence-electron chi connectivity index (χ1n) is 10.8. The maximum absolute atomic E-state index is 13.2. The minimum Gasteiger partial charge on any atom is -0.383 e. The number of aromatic nitrogens is 4. The second-order valence-electron chi connectivity index (χ2n) is 6.90. The Morgan fingerprint density at radius 3 is 2.61 bits per heavy atom. The van der Waals surface area contributed by atoms with Crippen molar-refractivity contribution >= 4 is 34.2 Å². The zero-order chi connectivity index (χ0) is 24.4. The topological polar surface area (TPSA) is 130 Å². The first-order valence-corrected chi connectivity index (χ1v) is 10.8. The molecule has 0 aliphatic rings. The Bertz CT molecular complexity index is 1140. The van der Waals surface area contributed by atoms with Gasteiger partial charge in [-0.3, -0.25) is 19.7 Å². The van der Waals surface area contributed by atoms with Crippen LogP contribution in [0.4, 0.5) is 11.5 Å². The number of anilines is 2. The smallest absolute Gasteiger partial charge is 0.314 e. The summed E-state index contributed by atoms with van der Waals surface area (Å²) < 4.78 is 0. The van der Waals surface area contributed by atoms with Crippen molar-refractivity contribution in [2.24, 2.45) is 0 Å². The molecule has 1 atom stereocenters. The summed E-state index contributed by atoms with van der Waals surface area (Å²) in [7, 11) is 0. The molecular formula is C24H31N7O2. The van der Waals surface area contributed by atoms with E-state index in [1.165, 1.54) is 17.3 Å². The van der Waals surface area contributed by atoms with Gasteiger partial charge in [0.25, 0.3) is 0 Å². The van der Waals surface area contributed by atoms with Gasteiger partial charge >= 0.3 is 11.8 Å². The number of amides is 2. The molecule has 0 bridgehead atoms. The average Bonchev–Trinajstić information content (AvgIpc) is 3.36. The summed E-state index contributed by atoms with van der Waals surface area (Å²) in [4.78, 5) is 36.0. The van der Waals surface area contributed by atoms with Gasteiger partial charge in [-0.15, -0.1) is 0 Å². The molecule has 33 heavy (non-hydrogen) atoms. The van der Waals surface area contributed by atoms with Gasteiger partial charge in [0.15, 0.2) is 0 Å². The predicted molar refractivity (Wildman–Crippen MR) is 131 cm³/mol. The average molecular weight is 450 g/mol. The van der Waals surface area contributed by atoms with Crippen molar-refractivity contribution in [1.29, 1.82) is 0 Å². The number of H-pyrrole nitrogens is 1. The fourth-order valence-corrected chi connectivity index (χ4v) is 3.17. The molecule has 0 radical (unpaired) electrons. The first kappa shape index (κ1) is 25.3. The Morgan fingerprint density at radius 2 is 1.97 bits per heavy atom. The summed E-state index contributed by atoms with van der Waals surface area (Å²) in [6, 6.07) is 5.05. The molecule has 174 valence electrons. The summed E-state index contributed by atoms with van der Waals surface area (Å²) in [5.74, 6) is -1.20. The molecule has 1 unspecified atom stereocenters. The van der Waals surface area contributed by atoms with E-state index in [-0.39, 0.29) is 12.4 Å². The van der Waals surface area contributed by atoms with Crippen molar-refractivity contribution in [2.45, 2.75) is 40.7 Å². The molecule has 0 saturated heterocycles. The van der Waals surface area contributed by atoms with Crippen molar-refractivity contribution in [3.63, 3.8) is 0 Å². The van der Waals surface area contributed by atoms with Crippen molar-refractivity contribution in [1.82, 2.24) is 25.1 Å². The number of carbonyl (C=O) groups excluding carboxylic acids is 2. The summed E-state index contributed by atoms with van der Waals surface area (Å²) in [6.07, 6.45) is 10.3. The Kier molecular flexibility index (Phi) is 9.29. The standard InChI is InChI=1S/C22H25N7O2.C2H6/c1-4-8-15(5-2)13-29(14(3)17-9-6-7-10-24-17)22(31)21(30)27-18-12-25-20(23)16-11-26-28-19(16)18;1-2/h4-12,14H,13H2,1-3H3,(H2,23,25)(H,26,28)(H,27,30);1-2H3/b8-4-,15-5+;. The molecule has 4 N–H and O–H groups in total. The number of fused-ring (bicyclic) bond motifs is 1. The molecule has 0 aliphatic carbocycles. The van der Waals surface area contributed by atoms with Gasteiger partial charge in [-0.25, -0.2) is 4.98 Å². The quantitative estimate of drug-likeness (QED) is 0.385. The second kappa shape index (κ2) is 12.1. The number of carbonyl (C=O) groups is 2. The summed E-state index contributed by atoms with van der Waals surface area (Å²) in [5, 5.41) is 9.90. The number of nitrogens with zero attached hydrogens (tertiary/aromatic N) is 4. The minimum absolute atomic E-state index is 0.254. The Morgan fingerprint density at radius 1 is 1.21 bits per heavy atom. The lowest BCUT2D eigenvalue weighted by molar-refractivity contribution is -0.144. The number of allylic oxidation sites excluding steroid dienone is 2. The molecule has 3 heterocycles. The number of aromatic amines is 1. The minimum atomic E-state index is -0.791. The fraction of sp³-hybridized carbons (Fsp3) is 0.292. The van der Waals surface area contributed by atoms with Gasteiger partial charge in [-0.05, 0) is 38.5 Å². The van der Waals surface area contributed by atoms with Gasteiger partial charge < -0.3 is 16.0 Å². The van der Waals surface area contributed by atoms with Crippen molar-refractivity contribution in [2.75, 3.05) is 17.6 Å². The van der Waals surface area contributed by atoms with Crippen LogP contribution in [0.15, 0.2) is 60.6 Å². The fourth-order valence-electron chi connectivity index (χ4n) is 3.17. The molecular weight excluding hydrogens is 418 g/mol. The molecule has 0 aromatic carbocycles. The van der Waals surface area contributed by atoms with Gasteiger partial charge in [-0.1, -0.05) is 38.1 Å². The van der Waals surface area contributed by atoms with E-state index in [1.807, 2.05) is 65.0 Å². The number of hydrogen-bond acceptors (Lipinski definition) is 6. The SMILES string of the molecule is C/C=C\C(=C/C)CN(C(=O)C(=O)Nc1cnc(N)c2cn[nH]c12)C(C)c1ccccn1.CC. The van der Waals surface area contributed by atoms with Crippen molar-refractivity contribution in [3.05, 3.63) is 66.3 Å². The zero-order valence-corrected chi connectivity index (χ0v) is 19.7. The van der Waals surface area contributed by atoms with E-state index in [2.05, 4.69) is 25.5 Å². The van der Waals surface area contributed by atoms with Crippen LogP contribution < -0.4 is 11.1 Å². The highest BCUT2D eigenvalue weighted by atomic mass is 16.2. The lowest BCUT2D eigenvalue weighted by atomic mass is 10.1. The van der Waals surface area contributed by atoms with Crippen LogP contribution in [0.1, 0.15) is 46.4 Å². The van der Waals surface area contributed by atoms with Crippen LogP contribution in [0.2, 0.25) is 0 Å². The van der Waals surface area contributed by atoms with Crippen LogP contribution in [0.25, 0.3) is 10.9 Å². The number of hydrogen-bond donors (Lipinski definition) is 3. The van der Waals surface area contributed by atoms with Crippen LogP contribution in [0, 0.1) is 0 Å². The molecule has 0 saturated carbocycles. The van der Waals surface area contributed by atoms with Crippen LogP contribution in [0.3, 0.4) is 0 Å². The first-order chi connectivity index (χ1) is 16.0. The number of nitrogens with one attached hydrogen (secondary N) is 2. The van der Waals surface area contributed by atoms with Crippen LogP contribution in [0.5, 0.6) is 0 Å². The third kappa shape index (κ3) is 6.03. The largest absolute Gasteiger partial charge is 0.383 e. The molecule has 3 aromatic heterocycles. The van der Waals surface area contributed by atoms with Crippen LogP contribution in [-0.2, 0) is 9.59 Å². The van der Waals surface area contributed by atoms with E-state index in [4.69, 9.17) is 5.73 Å². The number of nitrogens with two attached hydrogens (primary N) is 1. The monoisotopic (exact) mass is 449 g/mol. The zero-order valence-electron chi connectivity index (χ0n) is 19.7. The van der Waals surface area contributed by atoms with Crippen LogP contribution in [-0.4, -0.2) is 43.4 Å². The molecule has 3 rings (SSSR count). The summed E-state index contributed by atoms with van der Waals surface area (Å²) >= 11 is 0. The summed E-state index contributed by atoms with van der Waals surface area (Å²) in [5.41, 5.74) is 8.24. The molecule has 2 amide bonds. The molecule has 0 spiro atoms. The second-order valence-corrected chi connectivity index (χ2v) is 6.90. The van der Waals surface area contributed by atoms with Crippen molar-refractivity contribution < 1.29 is 9.59 Å². The van der Waals surface area contributed by atoms with E-state index >= 15 is 0 Å². The van der Waals surface area contributed by atoms with Gasteiger partial charge in [-0.2, -0.15) is 5.10 Å². The van der Waals surface area contributed by atoms with E-state index in [0.29, 0.717) is 22.3 Å². The van der Waals surface area contributed by atoms with E-state index in [0.717, 1.165) is 5.57 Å². The van der Waals surface area contributed by atoms with Crippen molar-refractivity contribution in [3.8, 4) is 0 Å². The molecule has 9 nitrogen and oxygen atoms in total. The molecule has 9 heteroatoms. The van der Waals surface area contributed by atoms with Gasteiger partial charge in [0.1, 0.15) is 5.82 Å². The number of rotatable bonds is 6. The third-order valence-corrected chi connectivity index (χ3v) is 4.91. The van der Waals surface area contributed by atoms with Gasteiger partial charge in [0, 0.05) is 12.7 Å². The lowest BCUT2D eigenvalue weighted by Crippen LogP contribution is -2.42. The Hall–Kier alpha value is -4.01. The number of nitrogen functional groups attached to an aromatic ring is 1. The maximum atomic E-state index is 13.2. The predicted octanol–water partition coefficient (Wildman–Crippen LogP) is 4.01. The molecule has 0 fully saturated rings. The van der Waals surface area contributed by atoms with Crippen LogP contribution >= 0.6 is 0 Å². The van der Waals surface area contributed by atoms with E-state index in [9.17, 15) is 9.59 Å². The highest BCUT2D eigenvalue weighted by Crippen LogP contribution is 2.25. The van der Waals surface area contributed by atoms with Gasteiger partial charge in [0.2, 0.25) is 0 Å². The summed E-state index contributed by atoms with van der Waals surface area (Å²) in [6.45, 7) is 9.88. The molecule has 3 aromatic rings. The number of pyridine rings is 2. The lowest BCUT2D eigenvalue weighted by Gasteiger charge is -2.29. The molecule has 0 aliphatic heterocycles. The highest BCUT2D eigenvalue weighted by molar-refractivity contribution is 6.40. The van der Waals surface area contributed by atoms with E-state index in [1.54, 1.807) is 12.3 Å². The Balaban J connectivity index is 0.00000187. The van der Waals surface area contributed by atoms with E-state index < -0.39 is 17.9 Å². The highest BCUT2D eigenvalue weighted by Gasteiger charge is 2.28. The normalized spacial score (nSPS) is 12.2. The third-order valence-electron chi connectivity index (χ3n) is 4.91. The maximum Gasteiger partial charge on any atom is 0.314 e.